The first-order valence-corrected chi connectivity index (χ1v) is 7.07. The molecule has 0 spiro atoms. The third-order valence-electron chi connectivity index (χ3n) is 2.57. The second-order valence-electron chi connectivity index (χ2n) is 3.90. The highest BCUT2D eigenvalue weighted by molar-refractivity contribution is 7.92. The minimum Gasteiger partial charge on any atom is -0.278 e. The van der Waals surface area contributed by atoms with Gasteiger partial charge >= 0.3 is 0 Å². The Bertz CT molecular complexity index is 830. The van der Waals surface area contributed by atoms with Crippen molar-refractivity contribution in [1.82, 2.24) is 0 Å². The Labute approximate surface area is 116 Å². The number of nitrogens with zero attached hydrogens (tertiary/aromatic N) is 2. The first kappa shape index (κ1) is 13.6. The average molecular weight is 283 g/mol. The molecule has 0 aliphatic heterocycles. The Balaban J connectivity index is 2.42. The zero-order valence-electron chi connectivity index (χ0n) is 10.2. The lowest BCUT2D eigenvalue weighted by Gasteiger charge is -2.09. The van der Waals surface area contributed by atoms with Crippen molar-refractivity contribution in [3.63, 3.8) is 0 Å². The minimum atomic E-state index is -3.83. The highest BCUT2D eigenvalue weighted by atomic mass is 32.2. The number of rotatable bonds is 3. The predicted molar refractivity (Wildman–Crippen MR) is 73.1 cm³/mol. The number of benzene rings is 2. The summed E-state index contributed by atoms with van der Waals surface area (Å²) < 4.78 is 26.8. The Morgan fingerprint density at radius 1 is 0.950 bits per heavy atom. The molecule has 2 aromatic carbocycles. The monoisotopic (exact) mass is 283 g/mol. The van der Waals surface area contributed by atoms with Crippen molar-refractivity contribution >= 4 is 15.7 Å². The Morgan fingerprint density at radius 2 is 1.70 bits per heavy atom. The molecule has 0 amide bonds. The zero-order valence-corrected chi connectivity index (χ0v) is 11.1. The molecule has 1 N–H and O–H groups in total. The summed E-state index contributed by atoms with van der Waals surface area (Å²) in [6, 6.07) is 15.8. The Kier molecular flexibility index (Phi) is 3.69. The molecule has 0 bridgehead atoms. The molecule has 6 heteroatoms. The van der Waals surface area contributed by atoms with Crippen LogP contribution in [0.2, 0.25) is 0 Å². The quantitative estimate of drug-likeness (QED) is 0.934. The van der Waals surface area contributed by atoms with Gasteiger partial charge in [-0.25, -0.2) is 8.42 Å². The number of para-hydroxylation sites is 1. The summed E-state index contributed by atoms with van der Waals surface area (Å²) in [6.07, 6.45) is 0. The Hall–Kier alpha value is -2.83. The molecule has 2 rings (SSSR count). The third-order valence-corrected chi connectivity index (χ3v) is 3.93. The van der Waals surface area contributed by atoms with Crippen LogP contribution < -0.4 is 4.72 Å². The number of nitrogens with one attached hydrogen (secondary N) is 1. The maximum Gasteiger partial charge on any atom is 0.261 e. The first-order valence-electron chi connectivity index (χ1n) is 5.59. The van der Waals surface area contributed by atoms with Crippen LogP contribution in [0, 0.1) is 22.7 Å². The van der Waals surface area contributed by atoms with Gasteiger partial charge in [-0.05, 0) is 30.3 Å². The SMILES string of the molecule is N#Cc1cccc(S(=O)(=O)Nc2ccccc2C#N)c1. The number of sulfonamides is 1. The molecule has 0 aromatic heterocycles. The molecule has 0 aliphatic carbocycles. The number of hydrogen-bond donors (Lipinski definition) is 1. The van der Waals surface area contributed by atoms with E-state index in [1.165, 1.54) is 36.4 Å². The van der Waals surface area contributed by atoms with E-state index >= 15 is 0 Å². The fourth-order valence-corrected chi connectivity index (χ4v) is 2.73. The molecular formula is C14H9N3O2S. The molecule has 0 aliphatic rings. The maximum atomic E-state index is 12.2. The van der Waals surface area contributed by atoms with Gasteiger partial charge in [0.25, 0.3) is 10.0 Å². The Morgan fingerprint density at radius 3 is 2.40 bits per heavy atom. The van der Waals surface area contributed by atoms with E-state index in [1.807, 2.05) is 12.1 Å². The van der Waals surface area contributed by atoms with Crippen LogP contribution in [0.1, 0.15) is 11.1 Å². The molecule has 0 saturated carbocycles. The second kappa shape index (κ2) is 5.43. The van der Waals surface area contributed by atoms with E-state index < -0.39 is 10.0 Å². The van der Waals surface area contributed by atoms with Crippen molar-refractivity contribution in [2.24, 2.45) is 0 Å². The molecule has 0 radical (unpaired) electrons. The number of nitriles is 2. The normalized spacial score (nSPS) is 10.3. The average Bonchev–Trinajstić information content (AvgIpc) is 2.47. The van der Waals surface area contributed by atoms with Gasteiger partial charge in [-0.1, -0.05) is 18.2 Å². The van der Waals surface area contributed by atoms with Gasteiger partial charge in [-0.2, -0.15) is 10.5 Å². The fraction of sp³-hybridized carbons (Fsp3) is 0. The molecule has 2 aromatic rings. The summed E-state index contributed by atoms with van der Waals surface area (Å²) in [5, 5.41) is 17.7. The van der Waals surface area contributed by atoms with Crippen molar-refractivity contribution in [2.45, 2.75) is 4.90 Å². The number of anilines is 1. The lowest BCUT2D eigenvalue weighted by Crippen LogP contribution is -2.13. The van der Waals surface area contributed by atoms with E-state index in [9.17, 15) is 8.42 Å². The minimum absolute atomic E-state index is 0.0238. The fourth-order valence-electron chi connectivity index (χ4n) is 1.61. The van der Waals surface area contributed by atoms with E-state index in [4.69, 9.17) is 10.5 Å². The van der Waals surface area contributed by atoms with Crippen LogP contribution in [0.15, 0.2) is 53.4 Å². The van der Waals surface area contributed by atoms with Gasteiger partial charge in [-0.15, -0.1) is 0 Å². The molecule has 0 saturated heterocycles. The van der Waals surface area contributed by atoms with Gasteiger partial charge in [0.2, 0.25) is 0 Å². The molecule has 0 fully saturated rings. The van der Waals surface area contributed by atoms with Crippen LogP contribution in [0.4, 0.5) is 5.69 Å². The summed E-state index contributed by atoms with van der Waals surface area (Å²) in [4.78, 5) is -0.0238. The summed E-state index contributed by atoms with van der Waals surface area (Å²) in [6.45, 7) is 0. The van der Waals surface area contributed by atoms with Crippen molar-refractivity contribution < 1.29 is 8.42 Å². The molecule has 5 nitrogen and oxygen atoms in total. The first-order chi connectivity index (χ1) is 9.56. The number of hydrogen-bond acceptors (Lipinski definition) is 4. The molecule has 0 atom stereocenters. The van der Waals surface area contributed by atoms with Crippen molar-refractivity contribution in [1.29, 1.82) is 10.5 Å². The second-order valence-corrected chi connectivity index (χ2v) is 5.58. The lowest BCUT2D eigenvalue weighted by molar-refractivity contribution is 0.601. The zero-order chi connectivity index (χ0) is 14.6. The van der Waals surface area contributed by atoms with Crippen LogP contribution in [-0.2, 0) is 10.0 Å². The van der Waals surface area contributed by atoms with E-state index in [1.54, 1.807) is 12.1 Å². The van der Waals surface area contributed by atoms with Crippen molar-refractivity contribution in [3.05, 3.63) is 59.7 Å². The summed E-state index contributed by atoms with van der Waals surface area (Å²) in [7, 11) is -3.83. The van der Waals surface area contributed by atoms with E-state index in [0.29, 0.717) is 0 Å². The third kappa shape index (κ3) is 2.77. The van der Waals surface area contributed by atoms with Gasteiger partial charge < -0.3 is 0 Å². The van der Waals surface area contributed by atoms with E-state index in [0.717, 1.165) is 0 Å². The van der Waals surface area contributed by atoms with Crippen molar-refractivity contribution in [2.75, 3.05) is 4.72 Å². The largest absolute Gasteiger partial charge is 0.278 e. The van der Waals surface area contributed by atoms with Gasteiger partial charge in [-0.3, -0.25) is 4.72 Å². The van der Waals surface area contributed by atoms with Crippen LogP contribution in [0.25, 0.3) is 0 Å². The molecule has 98 valence electrons. The standard InChI is InChI=1S/C14H9N3O2S/c15-9-11-4-3-6-13(8-11)20(18,19)17-14-7-2-1-5-12(14)10-16/h1-8,17H. The predicted octanol–water partition coefficient (Wildman–Crippen LogP) is 2.23. The molecular weight excluding hydrogens is 274 g/mol. The molecule has 20 heavy (non-hydrogen) atoms. The van der Waals surface area contributed by atoms with E-state index in [2.05, 4.69) is 4.72 Å². The van der Waals surface area contributed by atoms with Crippen LogP contribution in [0.5, 0.6) is 0 Å². The van der Waals surface area contributed by atoms with Crippen molar-refractivity contribution in [3.8, 4) is 12.1 Å². The van der Waals surface area contributed by atoms with Crippen LogP contribution in [0.3, 0.4) is 0 Å². The van der Waals surface area contributed by atoms with E-state index in [-0.39, 0.29) is 21.7 Å². The smallest absolute Gasteiger partial charge is 0.261 e. The van der Waals surface area contributed by atoms with Gasteiger partial charge in [0.1, 0.15) is 6.07 Å². The van der Waals surface area contributed by atoms with Crippen LogP contribution in [-0.4, -0.2) is 8.42 Å². The highest BCUT2D eigenvalue weighted by Crippen LogP contribution is 2.19. The maximum absolute atomic E-state index is 12.2. The van der Waals surface area contributed by atoms with Gasteiger partial charge in [0, 0.05) is 0 Å². The van der Waals surface area contributed by atoms with Crippen LogP contribution >= 0.6 is 0 Å². The summed E-state index contributed by atoms with van der Waals surface area (Å²) in [5.74, 6) is 0. The topological polar surface area (TPSA) is 93.8 Å². The lowest BCUT2D eigenvalue weighted by atomic mass is 10.2. The summed E-state index contributed by atoms with van der Waals surface area (Å²) in [5.41, 5.74) is 0.686. The van der Waals surface area contributed by atoms with Gasteiger partial charge in [0.05, 0.1) is 27.8 Å². The van der Waals surface area contributed by atoms with Gasteiger partial charge in [0.15, 0.2) is 0 Å². The molecule has 0 unspecified atom stereocenters. The molecule has 0 heterocycles. The highest BCUT2D eigenvalue weighted by Gasteiger charge is 2.16. The summed E-state index contributed by atoms with van der Waals surface area (Å²) >= 11 is 0.